The second-order valence-electron chi connectivity index (χ2n) is 5.98. The van der Waals surface area contributed by atoms with Crippen molar-refractivity contribution in [1.82, 2.24) is 4.90 Å². The highest BCUT2D eigenvalue weighted by Gasteiger charge is 2.34. The number of carbonyl (C=O) groups is 2. The Labute approximate surface area is 170 Å². The van der Waals surface area contributed by atoms with E-state index in [4.69, 9.17) is 4.74 Å². The fraction of sp³-hybridized carbons (Fsp3) is 0.200. The van der Waals surface area contributed by atoms with Gasteiger partial charge in [0.2, 0.25) is 0 Å². The first kappa shape index (κ1) is 19.5. The van der Waals surface area contributed by atoms with Crippen molar-refractivity contribution in [2.75, 3.05) is 13.7 Å². The summed E-state index contributed by atoms with van der Waals surface area (Å²) in [7, 11) is 1.45. The van der Waals surface area contributed by atoms with E-state index in [1.165, 1.54) is 17.6 Å². The predicted molar refractivity (Wildman–Crippen MR) is 110 cm³/mol. The number of rotatable bonds is 6. The molecule has 7 heteroatoms. The monoisotopic (exact) mass is 447 g/mol. The molecule has 5 nitrogen and oxygen atoms in total. The number of benzene rings is 2. The van der Waals surface area contributed by atoms with Gasteiger partial charge in [0.05, 0.1) is 16.5 Å². The molecule has 0 radical (unpaired) electrons. The van der Waals surface area contributed by atoms with Crippen LogP contribution in [0.5, 0.6) is 11.5 Å². The molecular formula is C20H18BrNO4S. The van der Waals surface area contributed by atoms with Crippen molar-refractivity contribution in [3.8, 4) is 11.5 Å². The van der Waals surface area contributed by atoms with Crippen LogP contribution in [-0.2, 0) is 11.2 Å². The standard InChI is InChI=1S/C20H18BrNO4S/c1-26-16-11-14(10-15(21)18(16)23)12-17-19(24)22(20(25)27-17)9-5-8-13-6-3-2-4-7-13/h2-4,6-7,10-12,23H,5,8-9H2,1H3/b17-12+. The van der Waals surface area contributed by atoms with Gasteiger partial charge in [0, 0.05) is 6.54 Å². The van der Waals surface area contributed by atoms with Crippen LogP contribution < -0.4 is 4.74 Å². The molecule has 2 amide bonds. The molecule has 1 aliphatic rings. The summed E-state index contributed by atoms with van der Waals surface area (Å²) in [5, 5.41) is 9.62. The number of aryl methyl sites for hydroxylation is 1. The van der Waals surface area contributed by atoms with Crippen LogP contribution in [0.4, 0.5) is 4.79 Å². The van der Waals surface area contributed by atoms with E-state index in [9.17, 15) is 14.7 Å². The van der Waals surface area contributed by atoms with Crippen LogP contribution in [0.25, 0.3) is 6.08 Å². The lowest BCUT2D eigenvalue weighted by molar-refractivity contribution is -0.122. The normalized spacial score (nSPS) is 15.6. The third kappa shape index (κ3) is 4.54. The van der Waals surface area contributed by atoms with Gasteiger partial charge in [-0.2, -0.15) is 0 Å². The highest BCUT2D eigenvalue weighted by molar-refractivity contribution is 9.10. The zero-order chi connectivity index (χ0) is 19.4. The Kier molecular flexibility index (Phi) is 6.23. The van der Waals surface area contributed by atoms with Crippen molar-refractivity contribution in [3.05, 3.63) is 63.0 Å². The van der Waals surface area contributed by atoms with Crippen LogP contribution in [0.15, 0.2) is 51.8 Å². The molecule has 2 aromatic rings. The second kappa shape index (κ2) is 8.63. The quantitative estimate of drug-likeness (QED) is 0.642. The maximum Gasteiger partial charge on any atom is 0.293 e. The smallest absolute Gasteiger partial charge is 0.293 e. The average Bonchev–Trinajstić information content (AvgIpc) is 2.92. The molecule has 1 fully saturated rings. The number of phenolic OH excluding ortho intramolecular Hbond substituents is 1. The Bertz CT molecular complexity index is 898. The van der Waals surface area contributed by atoms with Gasteiger partial charge in [-0.05, 0) is 69.9 Å². The summed E-state index contributed by atoms with van der Waals surface area (Å²) >= 11 is 4.18. The molecule has 140 valence electrons. The molecule has 0 saturated carbocycles. The first-order valence-corrected chi connectivity index (χ1v) is 9.96. The molecule has 1 N–H and O–H groups in total. The number of amides is 2. The maximum atomic E-state index is 12.6. The Morgan fingerprint density at radius 1 is 1.22 bits per heavy atom. The number of thioether (sulfide) groups is 1. The molecule has 0 aromatic heterocycles. The van der Waals surface area contributed by atoms with E-state index in [-0.39, 0.29) is 22.6 Å². The molecule has 0 unspecified atom stereocenters. The molecule has 2 aromatic carbocycles. The number of hydrogen-bond donors (Lipinski definition) is 1. The molecule has 1 saturated heterocycles. The summed E-state index contributed by atoms with van der Waals surface area (Å²) in [5.74, 6) is -0.0115. The number of methoxy groups -OCH3 is 1. The van der Waals surface area contributed by atoms with E-state index in [0.29, 0.717) is 27.9 Å². The fourth-order valence-electron chi connectivity index (χ4n) is 2.76. The van der Waals surface area contributed by atoms with Gasteiger partial charge in [-0.3, -0.25) is 14.5 Å². The predicted octanol–water partition coefficient (Wildman–Crippen LogP) is 4.83. The summed E-state index contributed by atoms with van der Waals surface area (Å²) in [6, 6.07) is 13.3. The minimum Gasteiger partial charge on any atom is -0.503 e. The summed E-state index contributed by atoms with van der Waals surface area (Å²) < 4.78 is 5.57. The van der Waals surface area contributed by atoms with Crippen molar-refractivity contribution in [3.63, 3.8) is 0 Å². The van der Waals surface area contributed by atoms with Gasteiger partial charge in [-0.15, -0.1) is 0 Å². The summed E-state index contributed by atoms with van der Waals surface area (Å²) in [4.78, 5) is 26.5. The van der Waals surface area contributed by atoms with Gasteiger partial charge in [0.15, 0.2) is 11.5 Å². The van der Waals surface area contributed by atoms with E-state index in [1.807, 2.05) is 30.3 Å². The second-order valence-corrected chi connectivity index (χ2v) is 7.82. The van der Waals surface area contributed by atoms with E-state index < -0.39 is 0 Å². The summed E-state index contributed by atoms with van der Waals surface area (Å²) in [6.45, 7) is 0.388. The summed E-state index contributed by atoms with van der Waals surface area (Å²) in [5.41, 5.74) is 1.84. The van der Waals surface area contributed by atoms with Gasteiger partial charge in [0.1, 0.15) is 0 Å². The third-order valence-corrected chi connectivity index (χ3v) is 5.64. The molecule has 1 aliphatic heterocycles. The van der Waals surface area contributed by atoms with Crippen LogP contribution in [0.2, 0.25) is 0 Å². The van der Waals surface area contributed by atoms with Crippen molar-refractivity contribution < 1.29 is 19.4 Å². The minimum atomic E-state index is -0.291. The van der Waals surface area contributed by atoms with Gasteiger partial charge >= 0.3 is 0 Å². The Hall–Kier alpha value is -2.25. The molecule has 0 aliphatic carbocycles. The zero-order valence-electron chi connectivity index (χ0n) is 14.6. The molecule has 0 bridgehead atoms. The number of aromatic hydroxyl groups is 1. The van der Waals surface area contributed by atoms with Crippen LogP contribution in [0.3, 0.4) is 0 Å². The van der Waals surface area contributed by atoms with Gasteiger partial charge in [-0.1, -0.05) is 30.3 Å². The first-order valence-electron chi connectivity index (χ1n) is 8.35. The van der Waals surface area contributed by atoms with E-state index in [2.05, 4.69) is 15.9 Å². The molecule has 0 spiro atoms. The third-order valence-electron chi connectivity index (χ3n) is 4.13. The maximum absolute atomic E-state index is 12.6. The highest BCUT2D eigenvalue weighted by Crippen LogP contribution is 2.38. The molecule has 1 heterocycles. The zero-order valence-corrected chi connectivity index (χ0v) is 17.0. The number of phenols is 1. The highest BCUT2D eigenvalue weighted by atomic mass is 79.9. The Morgan fingerprint density at radius 3 is 2.67 bits per heavy atom. The minimum absolute atomic E-state index is 0.0105. The molecule has 3 rings (SSSR count). The van der Waals surface area contributed by atoms with Crippen molar-refractivity contribution in [1.29, 1.82) is 0 Å². The van der Waals surface area contributed by atoms with Crippen LogP contribution in [0.1, 0.15) is 17.5 Å². The number of carbonyl (C=O) groups excluding carboxylic acids is 2. The van der Waals surface area contributed by atoms with Crippen LogP contribution in [-0.4, -0.2) is 34.8 Å². The van der Waals surface area contributed by atoms with Crippen molar-refractivity contribution in [2.24, 2.45) is 0 Å². The lowest BCUT2D eigenvalue weighted by Gasteiger charge is -2.12. The van der Waals surface area contributed by atoms with Gasteiger partial charge in [-0.25, -0.2) is 0 Å². The number of hydrogen-bond acceptors (Lipinski definition) is 5. The topological polar surface area (TPSA) is 66.8 Å². The molecule has 0 atom stereocenters. The van der Waals surface area contributed by atoms with E-state index >= 15 is 0 Å². The van der Waals surface area contributed by atoms with Crippen LogP contribution in [0, 0.1) is 0 Å². The number of ether oxygens (including phenoxy) is 1. The van der Waals surface area contributed by atoms with Crippen molar-refractivity contribution >= 4 is 44.9 Å². The van der Waals surface area contributed by atoms with Crippen molar-refractivity contribution in [2.45, 2.75) is 12.8 Å². The van der Waals surface area contributed by atoms with Crippen LogP contribution >= 0.6 is 27.7 Å². The lowest BCUT2D eigenvalue weighted by Crippen LogP contribution is -2.29. The van der Waals surface area contributed by atoms with E-state index in [0.717, 1.165) is 18.2 Å². The average molecular weight is 448 g/mol. The number of imide groups is 1. The molecular weight excluding hydrogens is 430 g/mol. The van der Waals surface area contributed by atoms with Gasteiger partial charge < -0.3 is 9.84 Å². The number of nitrogens with zero attached hydrogens (tertiary/aromatic N) is 1. The Balaban J connectivity index is 1.70. The van der Waals surface area contributed by atoms with E-state index in [1.54, 1.807) is 18.2 Å². The lowest BCUT2D eigenvalue weighted by atomic mass is 10.1. The molecule has 27 heavy (non-hydrogen) atoms. The fourth-order valence-corrected chi connectivity index (χ4v) is 4.09. The Morgan fingerprint density at radius 2 is 1.96 bits per heavy atom. The SMILES string of the molecule is COc1cc(/C=C2/SC(=O)N(CCCc3ccccc3)C2=O)cc(Br)c1O. The number of halogens is 1. The first-order chi connectivity index (χ1) is 13.0. The largest absolute Gasteiger partial charge is 0.503 e. The summed E-state index contributed by atoms with van der Waals surface area (Å²) in [6.07, 6.45) is 3.16. The van der Waals surface area contributed by atoms with Gasteiger partial charge in [0.25, 0.3) is 11.1 Å².